The van der Waals surface area contributed by atoms with Gasteiger partial charge in [-0.25, -0.2) is 0 Å². The Balaban J connectivity index is 2.44. The van der Waals surface area contributed by atoms with Gasteiger partial charge in [-0.3, -0.25) is 4.79 Å². The fourth-order valence-corrected chi connectivity index (χ4v) is 2.45. The highest BCUT2D eigenvalue weighted by Crippen LogP contribution is 2.24. The first-order chi connectivity index (χ1) is 9.06. The van der Waals surface area contributed by atoms with E-state index >= 15 is 0 Å². The third kappa shape index (κ3) is 5.42. The van der Waals surface area contributed by atoms with Gasteiger partial charge >= 0.3 is 0 Å². The summed E-state index contributed by atoms with van der Waals surface area (Å²) in [5.74, 6) is 2.76. The second kappa shape index (κ2) is 7.94. The van der Waals surface area contributed by atoms with Crippen LogP contribution in [0.5, 0.6) is 5.75 Å². The number of thioether (sulfide) groups is 1. The SMILES string of the molecule is CCC(C)CSCC(=O)Nc1ccc(OC)cc1N. The number of nitrogen functional groups attached to an aromatic ring is 1. The Labute approximate surface area is 119 Å². The molecule has 1 aromatic rings. The molecule has 0 aliphatic rings. The van der Waals surface area contributed by atoms with Crippen molar-refractivity contribution in [3.63, 3.8) is 0 Å². The molecule has 0 saturated heterocycles. The van der Waals surface area contributed by atoms with E-state index in [1.807, 2.05) is 0 Å². The minimum absolute atomic E-state index is 0.0230. The van der Waals surface area contributed by atoms with E-state index in [9.17, 15) is 4.79 Å². The number of amides is 1. The van der Waals surface area contributed by atoms with Gasteiger partial charge in [0.25, 0.3) is 0 Å². The van der Waals surface area contributed by atoms with Crippen molar-refractivity contribution in [2.45, 2.75) is 20.3 Å². The third-order valence-electron chi connectivity index (χ3n) is 2.87. The lowest BCUT2D eigenvalue weighted by Gasteiger charge is -2.10. The van der Waals surface area contributed by atoms with Crippen molar-refractivity contribution in [3.05, 3.63) is 18.2 Å². The Morgan fingerprint density at radius 2 is 2.26 bits per heavy atom. The molecule has 0 aliphatic heterocycles. The summed E-state index contributed by atoms with van der Waals surface area (Å²) in [5.41, 5.74) is 6.99. The zero-order chi connectivity index (χ0) is 14.3. The molecule has 0 bridgehead atoms. The van der Waals surface area contributed by atoms with Crippen LogP contribution in [0, 0.1) is 5.92 Å². The van der Waals surface area contributed by atoms with Crippen LogP contribution in [-0.4, -0.2) is 24.5 Å². The number of hydrogen-bond acceptors (Lipinski definition) is 4. The van der Waals surface area contributed by atoms with Crippen LogP contribution in [-0.2, 0) is 4.79 Å². The van der Waals surface area contributed by atoms with Crippen LogP contribution < -0.4 is 15.8 Å². The number of nitrogens with two attached hydrogens (primary N) is 1. The Hall–Kier alpha value is -1.36. The Morgan fingerprint density at radius 1 is 1.53 bits per heavy atom. The highest BCUT2D eigenvalue weighted by atomic mass is 32.2. The van der Waals surface area contributed by atoms with Crippen molar-refractivity contribution in [2.75, 3.05) is 29.7 Å². The number of rotatable bonds is 7. The number of ether oxygens (including phenoxy) is 1. The molecular formula is C14H22N2O2S. The van der Waals surface area contributed by atoms with Gasteiger partial charge < -0.3 is 15.8 Å². The summed E-state index contributed by atoms with van der Waals surface area (Å²) in [4.78, 5) is 11.8. The Bertz CT molecular complexity index is 424. The first-order valence-corrected chi connectivity index (χ1v) is 7.53. The van der Waals surface area contributed by atoms with Crippen molar-refractivity contribution in [3.8, 4) is 5.75 Å². The highest BCUT2D eigenvalue weighted by molar-refractivity contribution is 7.99. The van der Waals surface area contributed by atoms with E-state index in [1.165, 1.54) is 0 Å². The molecule has 0 radical (unpaired) electrons. The summed E-state index contributed by atoms with van der Waals surface area (Å²) < 4.78 is 5.06. The average molecular weight is 282 g/mol. The van der Waals surface area contributed by atoms with E-state index in [0.717, 1.165) is 12.2 Å². The van der Waals surface area contributed by atoms with Gasteiger partial charge in [0.1, 0.15) is 5.75 Å². The summed E-state index contributed by atoms with van der Waals surface area (Å²) in [7, 11) is 1.58. The fourth-order valence-electron chi connectivity index (χ4n) is 1.44. The summed E-state index contributed by atoms with van der Waals surface area (Å²) in [5, 5.41) is 2.81. The van der Waals surface area contributed by atoms with Gasteiger partial charge in [-0.15, -0.1) is 0 Å². The quantitative estimate of drug-likeness (QED) is 0.755. The largest absolute Gasteiger partial charge is 0.497 e. The van der Waals surface area contributed by atoms with Crippen molar-refractivity contribution in [2.24, 2.45) is 5.92 Å². The topological polar surface area (TPSA) is 64.3 Å². The predicted molar refractivity (Wildman–Crippen MR) is 82.8 cm³/mol. The molecule has 0 fully saturated rings. The lowest BCUT2D eigenvalue weighted by atomic mass is 10.2. The molecular weight excluding hydrogens is 260 g/mol. The molecule has 1 aromatic carbocycles. The number of nitrogens with one attached hydrogen (secondary N) is 1. The molecule has 1 atom stereocenters. The lowest BCUT2D eigenvalue weighted by Crippen LogP contribution is -2.16. The van der Waals surface area contributed by atoms with Gasteiger partial charge in [-0.2, -0.15) is 11.8 Å². The van der Waals surface area contributed by atoms with Crippen LogP contribution in [0.25, 0.3) is 0 Å². The maximum absolute atomic E-state index is 11.8. The van der Waals surface area contributed by atoms with E-state index in [4.69, 9.17) is 10.5 Å². The first-order valence-electron chi connectivity index (χ1n) is 6.38. The molecule has 1 rings (SSSR count). The minimum Gasteiger partial charge on any atom is -0.497 e. The standard InChI is InChI=1S/C14H22N2O2S/c1-4-10(2)8-19-9-14(17)16-13-6-5-11(18-3)7-12(13)15/h5-7,10H,4,8-9,15H2,1-3H3,(H,16,17). The highest BCUT2D eigenvalue weighted by Gasteiger charge is 2.07. The molecule has 1 unspecified atom stereocenters. The normalized spacial score (nSPS) is 11.9. The van der Waals surface area contributed by atoms with Crippen LogP contribution in [0.3, 0.4) is 0 Å². The molecule has 19 heavy (non-hydrogen) atoms. The van der Waals surface area contributed by atoms with Gasteiger partial charge in [0.15, 0.2) is 0 Å². The number of benzene rings is 1. The second-order valence-electron chi connectivity index (χ2n) is 4.53. The molecule has 0 aliphatic carbocycles. The molecule has 1 amide bonds. The number of anilines is 2. The molecule has 0 saturated carbocycles. The van der Waals surface area contributed by atoms with E-state index in [2.05, 4.69) is 19.2 Å². The van der Waals surface area contributed by atoms with Crippen molar-refractivity contribution in [1.82, 2.24) is 0 Å². The number of carbonyl (C=O) groups excluding carboxylic acids is 1. The molecule has 0 spiro atoms. The van der Waals surface area contributed by atoms with E-state index < -0.39 is 0 Å². The van der Waals surface area contributed by atoms with E-state index in [-0.39, 0.29) is 5.91 Å². The van der Waals surface area contributed by atoms with Crippen LogP contribution in [0.1, 0.15) is 20.3 Å². The minimum atomic E-state index is -0.0230. The van der Waals surface area contributed by atoms with Crippen molar-refractivity contribution < 1.29 is 9.53 Å². The van der Waals surface area contributed by atoms with Crippen LogP contribution in [0.15, 0.2) is 18.2 Å². The maximum Gasteiger partial charge on any atom is 0.234 e. The van der Waals surface area contributed by atoms with Gasteiger partial charge in [0, 0.05) is 6.07 Å². The predicted octanol–water partition coefficient (Wildman–Crippen LogP) is 3.00. The number of methoxy groups -OCH3 is 1. The Kier molecular flexibility index (Phi) is 6.56. The smallest absolute Gasteiger partial charge is 0.234 e. The lowest BCUT2D eigenvalue weighted by molar-refractivity contribution is -0.113. The fraction of sp³-hybridized carbons (Fsp3) is 0.500. The number of hydrogen-bond donors (Lipinski definition) is 2. The second-order valence-corrected chi connectivity index (χ2v) is 5.56. The molecule has 3 N–H and O–H groups in total. The van der Waals surface area contributed by atoms with E-state index in [1.54, 1.807) is 37.1 Å². The summed E-state index contributed by atoms with van der Waals surface area (Å²) in [6.45, 7) is 4.34. The first kappa shape index (κ1) is 15.7. The average Bonchev–Trinajstić information content (AvgIpc) is 2.40. The monoisotopic (exact) mass is 282 g/mol. The summed E-state index contributed by atoms with van der Waals surface area (Å²) in [6, 6.07) is 5.23. The van der Waals surface area contributed by atoms with Gasteiger partial charge in [-0.05, 0) is 23.8 Å². The molecule has 5 heteroatoms. The molecule has 4 nitrogen and oxygen atoms in total. The van der Waals surface area contributed by atoms with Gasteiger partial charge in [0.2, 0.25) is 5.91 Å². The Morgan fingerprint density at radius 3 is 2.84 bits per heavy atom. The maximum atomic E-state index is 11.8. The van der Waals surface area contributed by atoms with Crippen LogP contribution >= 0.6 is 11.8 Å². The molecule has 0 aromatic heterocycles. The summed E-state index contributed by atoms with van der Waals surface area (Å²) in [6.07, 6.45) is 1.14. The number of carbonyl (C=O) groups is 1. The van der Waals surface area contributed by atoms with E-state index in [0.29, 0.717) is 28.8 Å². The zero-order valence-corrected chi connectivity index (χ0v) is 12.5. The van der Waals surface area contributed by atoms with Gasteiger partial charge in [0.05, 0.1) is 24.2 Å². The third-order valence-corrected chi connectivity index (χ3v) is 4.14. The van der Waals surface area contributed by atoms with Crippen molar-refractivity contribution in [1.29, 1.82) is 0 Å². The molecule has 106 valence electrons. The zero-order valence-electron chi connectivity index (χ0n) is 11.7. The van der Waals surface area contributed by atoms with Crippen LogP contribution in [0.4, 0.5) is 11.4 Å². The summed E-state index contributed by atoms with van der Waals surface area (Å²) >= 11 is 1.65. The van der Waals surface area contributed by atoms with Crippen molar-refractivity contribution >= 4 is 29.0 Å². The van der Waals surface area contributed by atoms with Gasteiger partial charge in [-0.1, -0.05) is 20.3 Å². The van der Waals surface area contributed by atoms with Crippen LogP contribution in [0.2, 0.25) is 0 Å². The molecule has 0 heterocycles.